The van der Waals surface area contributed by atoms with E-state index in [1.165, 1.54) is 5.56 Å². The van der Waals surface area contributed by atoms with Crippen LogP contribution in [0.1, 0.15) is 12.5 Å². The molecule has 1 aliphatic rings. The highest BCUT2D eigenvalue weighted by Crippen LogP contribution is 2.09. The van der Waals surface area contributed by atoms with Crippen molar-refractivity contribution in [2.75, 3.05) is 33.3 Å². The molecule has 1 aliphatic heterocycles. The normalized spacial score (nSPS) is 18.3. The zero-order chi connectivity index (χ0) is 13.7. The Morgan fingerprint density at radius 2 is 1.84 bits per heavy atom. The van der Waals surface area contributed by atoms with Crippen LogP contribution in [0.15, 0.2) is 30.3 Å². The van der Waals surface area contributed by atoms with Crippen molar-refractivity contribution >= 4 is 5.91 Å². The summed E-state index contributed by atoms with van der Waals surface area (Å²) < 4.78 is 5.08. The molecular weight excluding hydrogens is 240 g/mol. The molecule has 1 saturated heterocycles. The van der Waals surface area contributed by atoms with E-state index in [0.717, 1.165) is 32.7 Å². The topological polar surface area (TPSA) is 32.8 Å². The van der Waals surface area contributed by atoms with E-state index in [0.29, 0.717) is 0 Å². The third kappa shape index (κ3) is 3.78. The minimum Gasteiger partial charge on any atom is -0.372 e. The molecule has 0 saturated carbocycles. The molecule has 1 fully saturated rings. The molecule has 1 aromatic rings. The van der Waals surface area contributed by atoms with Gasteiger partial charge in [-0.1, -0.05) is 30.3 Å². The molecule has 0 unspecified atom stereocenters. The van der Waals surface area contributed by atoms with Gasteiger partial charge in [0.2, 0.25) is 0 Å². The van der Waals surface area contributed by atoms with Crippen LogP contribution in [-0.2, 0) is 16.1 Å². The van der Waals surface area contributed by atoms with Crippen LogP contribution in [0.3, 0.4) is 0 Å². The maximum atomic E-state index is 12.0. The standard InChI is InChI=1S/C15H22N2O2/c1-13(19-2)15(18)17-10-8-16(9-11-17)12-14-6-4-3-5-7-14/h3-7,13H,8-12H2,1-2H3/t13-/m0/s1. The first-order valence-electron chi connectivity index (χ1n) is 6.78. The SMILES string of the molecule is CO[C@@H](C)C(=O)N1CCN(Cc2ccccc2)CC1. The van der Waals surface area contributed by atoms with Gasteiger partial charge in [-0.05, 0) is 12.5 Å². The lowest BCUT2D eigenvalue weighted by molar-refractivity contribution is -0.142. The number of hydrogen-bond donors (Lipinski definition) is 0. The van der Waals surface area contributed by atoms with Crippen LogP contribution in [-0.4, -0.2) is 55.1 Å². The number of carbonyl (C=O) groups excluding carboxylic acids is 1. The van der Waals surface area contributed by atoms with Crippen LogP contribution < -0.4 is 0 Å². The predicted octanol–water partition coefficient (Wildman–Crippen LogP) is 1.37. The molecule has 0 aromatic heterocycles. The van der Waals surface area contributed by atoms with Gasteiger partial charge in [-0.2, -0.15) is 0 Å². The van der Waals surface area contributed by atoms with Crippen molar-refractivity contribution in [3.63, 3.8) is 0 Å². The van der Waals surface area contributed by atoms with Crippen LogP contribution in [0, 0.1) is 0 Å². The molecule has 1 atom stereocenters. The quantitative estimate of drug-likeness (QED) is 0.821. The first-order valence-corrected chi connectivity index (χ1v) is 6.78. The van der Waals surface area contributed by atoms with E-state index < -0.39 is 0 Å². The average Bonchev–Trinajstić information content (AvgIpc) is 2.47. The first-order chi connectivity index (χ1) is 9.20. The summed E-state index contributed by atoms with van der Waals surface area (Å²) in [5, 5.41) is 0. The molecule has 4 heteroatoms. The van der Waals surface area contributed by atoms with Crippen molar-refractivity contribution in [1.82, 2.24) is 9.80 Å². The second-order valence-electron chi connectivity index (χ2n) is 4.96. The lowest BCUT2D eigenvalue weighted by atomic mass is 10.2. The number of hydrogen-bond acceptors (Lipinski definition) is 3. The Balaban J connectivity index is 1.81. The molecule has 4 nitrogen and oxygen atoms in total. The Morgan fingerprint density at radius 3 is 2.42 bits per heavy atom. The third-order valence-electron chi connectivity index (χ3n) is 3.63. The Bertz CT molecular complexity index is 400. The predicted molar refractivity (Wildman–Crippen MR) is 74.8 cm³/mol. The zero-order valence-electron chi connectivity index (χ0n) is 11.7. The van der Waals surface area contributed by atoms with Gasteiger partial charge in [0.05, 0.1) is 0 Å². The molecule has 0 spiro atoms. The molecule has 19 heavy (non-hydrogen) atoms. The number of methoxy groups -OCH3 is 1. The van der Waals surface area contributed by atoms with Gasteiger partial charge in [-0.25, -0.2) is 0 Å². The maximum Gasteiger partial charge on any atom is 0.251 e. The van der Waals surface area contributed by atoms with Gasteiger partial charge in [0.1, 0.15) is 6.10 Å². The third-order valence-corrected chi connectivity index (χ3v) is 3.63. The molecule has 2 rings (SSSR count). The molecule has 0 aliphatic carbocycles. The van der Waals surface area contributed by atoms with Crippen molar-refractivity contribution in [1.29, 1.82) is 0 Å². The van der Waals surface area contributed by atoms with Crippen LogP contribution in [0.25, 0.3) is 0 Å². The van der Waals surface area contributed by atoms with Crippen molar-refractivity contribution in [3.8, 4) is 0 Å². The Hall–Kier alpha value is -1.39. The fraction of sp³-hybridized carbons (Fsp3) is 0.533. The van der Waals surface area contributed by atoms with E-state index >= 15 is 0 Å². The van der Waals surface area contributed by atoms with Gasteiger partial charge in [0.25, 0.3) is 5.91 Å². The van der Waals surface area contributed by atoms with Gasteiger partial charge < -0.3 is 9.64 Å². The molecule has 1 aromatic carbocycles. The summed E-state index contributed by atoms with van der Waals surface area (Å²) >= 11 is 0. The molecule has 1 heterocycles. The first kappa shape index (κ1) is 14.0. The summed E-state index contributed by atoms with van der Waals surface area (Å²) in [4.78, 5) is 16.3. The minimum absolute atomic E-state index is 0.0989. The van der Waals surface area contributed by atoms with Crippen molar-refractivity contribution < 1.29 is 9.53 Å². The second-order valence-corrected chi connectivity index (χ2v) is 4.96. The van der Waals surface area contributed by atoms with Crippen LogP contribution in [0.2, 0.25) is 0 Å². The minimum atomic E-state index is -0.333. The largest absolute Gasteiger partial charge is 0.372 e. The van der Waals surface area contributed by atoms with Crippen molar-refractivity contribution in [3.05, 3.63) is 35.9 Å². The van der Waals surface area contributed by atoms with Gasteiger partial charge >= 0.3 is 0 Å². The molecule has 0 N–H and O–H groups in total. The lowest BCUT2D eigenvalue weighted by Gasteiger charge is -2.35. The van der Waals surface area contributed by atoms with E-state index in [1.807, 2.05) is 11.0 Å². The number of amides is 1. The second kappa shape index (κ2) is 6.68. The van der Waals surface area contributed by atoms with Crippen molar-refractivity contribution in [2.45, 2.75) is 19.6 Å². The van der Waals surface area contributed by atoms with Gasteiger partial charge in [0, 0.05) is 39.8 Å². The summed E-state index contributed by atoms with van der Waals surface area (Å²) in [7, 11) is 1.58. The molecule has 0 radical (unpaired) electrons. The van der Waals surface area contributed by atoms with E-state index in [1.54, 1.807) is 14.0 Å². The number of rotatable bonds is 4. The highest BCUT2D eigenvalue weighted by atomic mass is 16.5. The van der Waals surface area contributed by atoms with E-state index in [2.05, 4.69) is 29.2 Å². The highest BCUT2D eigenvalue weighted by molar-refractivity contribution is 5.80. The Kier molecular flexibility index (Phi) is 4.93. The summed E-state index contributed by atoms with van der Waals surface area (Å²) in [5.41, 5.74) is 1.33. The lowest BCUT2D eigenvalue weighted by Crippen LogP contribution is -2.50. The number of piperazine rings is 1. The number of ether oxygens (including phenoxy) is 1. The number of nitrogens with zero attached hydrogens (tertiary/aromatic N) is 2. The van der Waals surface area contributed by atoms with Crippen LogP contribution >= 0.6 is 0 Å². The number of carbonyl (C=O) groups is 1. The summed E-state index contributed by atoms with van der Waals surface area (Å²) in [6.07, 6.45) is -0.333. The Morgan fingerprint density at radius 1 is 1.21 bits per heavy atom. The molecule has 1 amide bonds. The summed E-state index contributed by atoms with van der Waals surface area (Å²) in [6, 6.07) is 10.5. The average molecular weight is 262 g/mol. The monoisotopic (exact) mass is 262 g/mol. The van der Waals surface area contributed by atoms with E-state index in [9.17, 15) is 4.79 Å². The fourth-order valence-corrected chi connectivity index (χ4v) is 2.33. The van der Waals surface area contributed by atoms with Gasteiger partial charge in [0.15, 0.2) is 0 Å². The van der Waals surface area contributed by atoms with Crippen molar-refractivity contribution in [2.24, 2.45) is 0 Å². The van der Waals surface area contributed by atoms with Crippen LogP contribution in [0.4, 0.5) is 0 Å². The summed E-state index contributed by atoms with van der Waals surface area (Å²) in [5.74, 6) is 0.0989. The fourth-order valence-electron chi connectivity index (χ4n) is 2.33. The van der Waals surface area contributed by atoms with Gasteiger partial charge in [-0.15, -0.1) is 0 Å². The highest BCUT2D eigenvalue weighted by Gasteiger charge is 2.24. The summed E-state index contributed by atoms with van der Waals surface area (Å²) in [6.45, 7) is 6.20. The van der Waals surface area contributed by atoms with Gasteiger partial charge in [-0.3, -0.25) is 9.69 Å². The van der Waals surface area contributed by atoms with E-state index in [4.69, 9.17) is 4.74 Å². The maximum absolute atomic E-state index is 12.0. The van der Waals surface area contributed by atoms with E-state index in [-0.39, 0.29) is 12.0 Å². The number of benzene rings is 1. The van der Waals surface area contributed by atoms with Crippen LogP contribution in [0.5, 0.6) is 0 Å². The molecule has 0 bridgehead atoms. The zero-order valence-corrected chi connectivity index (χ0v) is 11.7. The Labute approximate surface area is 115 Å². The smallest absolute Gasteiger partial charge is 0.251 e. The molecule has 104 valence electrons. The molecular formula is C15H22N2O2.